The van der Waals surface area contributed by atoms with Gasteiger partial charge in [0, 0.05) is 43.3 Å². The fourth-order valence-electron chi connectivity index (χ4n) is 2.85. The second-order valence-corrected chi connectivity index (χ2v) is 7.24. The number of fused-ring (bicyclic) bond motifs is 1. The van der Waals surface area contributed by atoms with E-state index in [1.165, 1.54) is 6.07 Å². The van der Waals surface area contributed by atoms with E-state index in [1.54, 1.807) is 11.0 Å². The summed E-state index contributed by atoms with van der Waals surface area (Å²) in [6, 6.07) is 8.91. The largest absolute Gasteiger partial charge is 0.444 e. The van der Waals surface area contributed by atoms with Crippen LogP contribution >= 0.6 is 0 Å². The minimum atomic E-state index is -0.633. The molecule has 0 atom stereocenters. The molecule has 7 heteroatoms. The first kappa shape index (κ1) is 17.8. The third kappa shape index (κ3) is 3.80. The molecule has 0 N–H and O–H groups in total. The van der Waals surface area contributed by atoms with E-state index in [-0.39, 0.29) is 11.7 Å². The number of amides is 1. The van der Waals surface area contributed by atoms with Crippen molar-refractivity contribution < 1.29 is 13.9 Å². The maximum absolute atomic E-state index is 12.1. The summed E-state index contributed by atoms with van der Waals surface area (Å²) < 4.78 is 10.6. The Hall–Kier alpha value is -3.01. The van der Waals surface area contributed by atoms with Crippen LogP contribution in [0.5, 0.6) is 0 Å². The van der Waals surface area contributed by atoms with E-state index in [0.717, 1.165) is 5.69 Å². The zero-order valence-corrected chi connectivity index (χ0v) is 15.1. The van der Waals surface area contributed by atoms with Crippen LogP contribution < -0.4 is 10.5 Å². The molecule has 0 unspecified atom stereocenters. The predicted molar refractivity (Wildman–Crippen MR) is 97.2 cm³/mol. The molecular weight excluding hydrogens is 334 g/mol. The second kappa shape index (κ2) is 6.71. The Kier molecular flexibility index (Phi) is 4.60. The first-order chi connectivity index (χ1) is 12.3. The van der Waals surface area contributed by atoms with Crippen molar-refractivity contribution in [1.82, 2.24) is 4.90 Å². The Morgan fingerprint density at radius 2 is 1.88 bits per heavy atom. The van der Waals surface area contributed by atoms with Gasteiger partial charge in [-0.15, -0.1) is 0 Å². The minimum Gasteiger partial charge on any atom is -0.444 e. The molecule has 0 radical (unpaired) electrons. The van der Waals surface area contributed by atoms with Crippen LogP contribution in [-0.2, 0) is 4.74 Å². The summed E-state index contributed by atoms with van der Waals surface area (Å²) in [7, 11) is 0. The number of nitriles is 1. The van der Waals surface area contributed by atoms with E-state index in [4.69, 9.17) is 14.4 Å². The summed E-state index contributed by atoms with van der Waals surface area (Å²) in [4.78, 5) is 27.7. The number of nitrogens with zero attached hydrogens (tertiary/aromatic N) is 3. The van der Waals surface area contributed by atoms with E-state index in [2.05, 4.69) is 4.90 Å². The van der Waals surface area contributed by atoms with E-state index in [9.17, 15) is 9.59 Å². The van der Waals surface area contributed by atoms with Crippen LogP contribution in [0.3, 0.4) is 0 Å². The summed E-state index contributed by atoms with van der Waals surface area (Å²) in [5.74, 6) is 0. The van der Waals surface area contributed by atoms with Crippen molar-refractivity contribution in [3.8, 4) is 6.07 Å². The maximum atomic E-state index is 12.1. The summed E-state index contributed by atoms with van der Waals surface area (Å²) in [6.07, 6.45) is -0.300. The molecule has 1 aliphatic rings. The van der Waals surface area contributed by atoms with Gasteiger partial charge in [0.2, 0.25) is 0 Å². The number of hydrogen-bond acceptors (Lipinski definition) is 6. The molecule has 0 aliphatic carbocycles. The number of hydrogen-bond donors (Lipinski definition) is 0. The van der Waals surface area contributed by atoms with Crippen LogP contribution in [0.25, 0.3) is 11.0 Å². The van der Waals surface area contributed by atoms with Gasteiger partial charge in [0.1, 0.15) is 22.8 Å². The number of carbonyl (C=O) groups is 1. The average molecular weight is 355 g/mol. The highest BCUT2D eigenvalue weighted by Gasteiger charge is 2.26. The van der Waals surface area contributed by atoms with Crippen molar-refractivity contribution >= 4 is 22.7 Å². The molecule has 0 spiro atoms. The molecule has 1 fully saturated rings. The van der Waals surface area contributed by atoms with E-state index < -0.39 is 11.2 Å². The van der Waals surface area contributed by atoms with E-state index >= 15 is 0 Å². The number of rotatable bonds is 1. The lowest BCUT2D eigenvalue weighted by atomic mass is 10.1. The summed E-state index contributed by atoms with van der Waals surface area (Å²) in [6.45, 7) is 7.98. The van der Waals surface area contributed by atoms with Crippen molar-refractivity contribution in [2.24, 2.45) is 0 Å². The fraction of sp³-hybridized carbons (Fsp3) is 0.421. The van der Waals surface area contributed by atoms with Gasteiger partial charge in [-0.05, 0) is 39.0 Å². The van der Waals surface area contributed by atoms with Crippen LogP contribution in [0.2, 0.25) is 0 Å². The molecule has 1 aromatic carbocycles. The highest BCUT2D eigenvalue weighted by Crippen LogP contribution is 2.23. The molecule has 2 heterocycles. The lowest BCUT2D eigenvalue weighted by Crippen LogP contribution is -2.50. The Morgan fingerprint density at radius 1 is 1.19 bits per heavy atom. The third-order valence-electron chi connectivity index (χ3n) is 4.14. The van der Waals surface area contributed by atoms with Gasteiger partial charge in [-0.2, -0.15) is 5.26 Å². The highest BCUT2D eigenvalue weighted by atomic mass is 16.6. The van der Waals surface area contributed by atoms with Gasteiger partial charge in [-0.25, -0.2) is 9.59 Å². The zero-order chi connectivity index (χ0) is 18.9. The van der Waals surface area contributed by atoms with Crippen molar-refractivity contribution in [3.63, 3.8) is 0 Å². The number of anilines is 1. The van der Waals surface area contributed by atoms with E-state index in [1.807, 2.05) is 39.0 Å². The minimum absolute atomic E-state index is 0.00350. The third-order valence-corrected chi connectivity index (χ3v) is 4.14. The number of piperazine rings is 1. The van der Waals surface area contributed by atoms with Gasteiger partial charge in [-0.3, -0.25) is 0 Å². The molecule has 26 heavy (non-hydrogen) atoms. The Morgan fingerprint density at radius 3 is 2.50 bits per heavy atom. The van der Waals surface area contributed by atoms with Gasteiger partial charge < -0.3 is 19.0 Å². The molecule has 136 valence electrons. The van der Waals surface area contributed by atoms with E-state index in [0.29, 0.717) is 37.1 Å². The van der Waals surface area contributed by atoms with Crippen LogP contribution in [0.1, 0.15) is 26.3 Å². The fourth-order valence-corrected chi connectivity index (χ4v) is 2.85. The molecule has 1 aliphatic heterocycles. The van der Waals surface area contributed by atoms with Gasteiger partial charge in [0.25, 0.3) is 0 Å². The van der Waals surface area contributed by atoms with Crippen LogP contribution in [0.15, 0.2) is 33.5 Å². The summed E-state index contributed by atoms with van der Waals surface area (Å²) >= 11 is 0. The standard InChI is InChI=1S/C19H21N3O4/c1-19(2,3)26-18(24)22-8-6-21(7-9-22)15-5-4-13-10-14(12-20)17(23)25-16(13)11-15/h4-5,10-11H,6-9H2,1-3H3. The number of carbonyl (C=O) groups excluding carboxylic acids is 1. The molecule has 0 bridgehead atoms. The van der Waals surface area contributed by atoms with Crippen molar-refractivity contribution in [1.29, 1.82) is 5.26 Å². The Balaban J connectivity index is 1.72. The number of ether oxygens (including phenoxy) is 1. The molecule has 1 amide bonds. The lowest BCUT2D eigenvalue weighted by Gasteiger charge is -2.36. The second-order valence-electron chi connectivity index (χ2n) is 7.24. The topological polar surface area (TPSA) is 86.8 Å². The summed E-state index contributed by atoms with van der Waals surface area (Å²) in [5, 5.41) is 9.62. The first-order valence-corrected chi connectivity index (χ1v) is 8.48. The molecular formula is C19H21N3O4. The normalized spacial score (nSPS) is 15.0. The highest BCUT2D eigenvalue weighted by molar-refractivity contribution is 5.81. The quantitative estimate of drug-likeness (QED) is 0.731. The smallest absolute Gasteiger partial charge is 0.410 e. The maximum Gasteiger partial charge on any atom is 0.410 e. The van der Waals surface area contributed by atoms with Gasteiger partial charge in [0.05, 0.1) is 0 Å². The first-order valence-electron chi connectivity index (χ1n) is 8.48. The lowest BCUT2D eigenvalue weighted by molar-refractivity contribution is 0.0240. The van der Waals surface area contributed by atoms with Gasteiger partial charge in [0.15, 0.2) is 0 Å². The molecule has 2 aromatic rings. The molecule has 3 rings (SSSR count). The van der Waals surface area contributed by atoms with Crippen LogP contribution in [0, 0.1) is 11.3 Å². The van der Waals surface area contributed by atoms with Gasteiger partial charge >= 0.3 is 11.7 Å². The molecule has 0 saturated carbocycles. The molecule has 1 aromatic heterocycles. The SMILES string of the molecule is CC(C)(C)OC(=O)N1CCN(c2ccc3cc(C#N)c(=O)oc3c2)CC1. The van der Waals surface area contributed by atoms with Crippen LogP contribution in [-0.4, -0.2) is 42.8 Å². The monoisotopic (exact) mass is 355 g/mol. The van der Waals surface area contributed by atoms with Crippen molar-refractivity contribution in [3.05, 3.63) is 40.2 Å². The molecule has 7 nitrogen and oxygen atoms in total. The molecule has 1 saturated heterocycles. The number of benzene rings is 1. The Bertz CT molecular complexity index is 928. The average Bonchev–Trinajstić information content (AvgIpc) is 2.59. The zero-order valence-electron chi connectivity index (χ0n) is 15.1. The van der Waals surface area contributed by atoms with Crippen molar-refractivity contribution in [2.45, 2.75) is 26.4 Å². The van der Waals surface area contributed by atoms with Crippen LogP contribution in [0.4, 0.5) is 10.5 Å². The predicted octanol–water partition coefficient (Wildman–Crippen LogP) is 2.72. The Labute approximate surface area is 151 Å². The van der Waals surface area contributed by atoms with Crippen molar-refractivity contribution in [2.75, 3.05) is 31.1 Å². The summed E-state index contributed by atoms with van der Waals surface area (Å²) in [5.41, 5.74) is 0.213. The van der Waals surface area contributed by atoms with Gasteiger partial charge in [-0.1, -0.05) is 0 Å².